The van der Waals surface area contributed by atoms with Gasteiger partial charge in [-0.05, 0) is 55.7 Å². The van der Waals surface area contributed by atoms with Crippen molar-refractivity contribution in [2.24, 2.45) is 7.05 Å². The van der Waals surface area contributed by atoms with Crippen molar-refractivity contribution < 1.29 is 9.59 Å². The van der Waals surface area contributed by atoms with Crippen LogP contribution in [0.2, 0.25) is 0 Å². The van der Waals surface area contributed by atoms with Crippen LogP contribution >= 0.6 is 0 Å². The van der Waals surface area contributed by atoms with Crippen LogP contribution in [0.25, 0.3) is 0 Å². The van der Waals surface area contributed by atoms with Gasteiger partial charge in [0, 0.05) is 44.4 Å². The molecule has 1 atom stereocenters. The van der Waals surface area contributed by atoms with Crippen LogP contribution in [0.5, 0.6) is 0 Å². The second kappa shape index (κ2) is 7.67. The number of benzene rings is 1. The number of imidazole rings is 1. The Labute approximate surface area is 160 Å². The van der Waals surface area contributed by atoms with Crippen LogP contribution in [-0.4, -0.2) is 32.7 Å². The Morgan fingerprint density at radius 3 is 2.70 bits per heavy atom. The molecule has 0 saturated carbocycles. The van der Waals surface area contributed by atoms with E-state index in [0.29, 0.717) is 0 Å². The molecule has 5 heteroatoms. The highest BCUT2D eigenvalue weighted by molar-refractivity contribution is 5.98. The van der Waals surface area contributed by atoms with Gasteiger partial charge in [-0.2, -0.15) is 0 Å². The summed E-state index contributed by atoms with van der Waals surface area (Å²) in [6.45, 7) is 0.753. The summed E-state index contributed by atoms with van der Waals surface area (Å²) in [7, 11) is 1.96. The average Bonchev–Trinajstić information content (AvgIpc) is 3.33. The quantitative estimate of drug-likeness (QED) is 0.761. The standard InChI is InChI=1S/C22H27N3O2/c1-24-14-12-23-22(24)19-7-4-13-25(19)21(27)11-10-20(26)18-9-8-16-5-2-3-6-17(16)15-18/h8-9,12,14-15,19H,2-7,10-11,13H2,1H3. The third-order valence-electron chi connectivity index (χ3n) is 5.97. The Morgan fingerprint density at radius 2 is 1.93 bits per heavy atom. The minimum atomic E-state index is 0.0383. The van der Waals surface area contributed by atoms with Crippen molar-refractivity contribution in [3.8, 4) is 0 Å². The monoisotopic (exact) mass is 365 g/mol. The average molecular weight is 365 g/mol. The Morgan fingerprint density at radius 1 is 1.11 bits per heavy atom. The summed E-state index contributed by atoms with van der Waals surface area (Å²) in [6.07, 6.45) is 10.8. The molecule has 1 aliphatic carbocycles. The van der Waals surface area contributed by atoms with E-state index in [9.17, 15) is 9.59 Å². The lowest BCUT2D eigenvalue weighted by Crippen LogP contribution is -2.32. The predicted molar refractivity (Wildman–Crippen MR) is 104 cm³/mol. The lowest BCUT2D eigenvalue weighted by Gasteiger charge is -2.24. The SMILES string of the molecule is Cn1ccnc1C1CCCN1C(=O)CCC(=O)c1ccc2c(c1)CCCC2. The van der Waals surface area contributed by atoms with Crippen molar-refractivity contribution in [2.45, 2.75) is 57.4 Å². The van der Waals surface area contributed by atoms with Gasteiger partial charge < -0.3 is 9.47 Å². The molecule has 142 valence electrons. The second-order valence-electron chi connectivity index (χ2n) is 7.76. The Kier molecular flexibility index (Phi) is 5.10. The maximum Gasteiger partial charge on any atom is 0.223 e. The van der Waals surface area contributed by atoms with E-state index in [1.54, 1.807) is 6.20 Å². The van der Waals surface area contributed by atoms with Gasteiger partial charge in [0.2, 0.25) is 5.91 Å². The van der Waals surface area contributed by atoms with Gasteiger partial charge >= 0.3 is 0 Å². The summed E-state index contributed by atoms with van der Waals surface area (Å²) in [5.41, 5.74) is 3.45. The molecule has 1 aromatic heterocycles. The molecule has 1 unspecified atom stereocenters. The Bertz CT molecular complexity index is 855. The molecular formula is C22H27N3O2. The highest BCUT2D eigenvalue weighted by Crippen LogP contribution is 2.31. The molecule has 1 fully saturated rings. The Hall–Kier alpha value is -2.43. The van der Waals surface area contributed by atoms with E-state index >= 15 is 0 Å². The fourth-order valence-electron chi connectivity index (χ4n) is 4.45. The van der Waals surface area contributed by atoms with Crippen molar-refractivity contribution in [3.05, 3.63) is 53.1 Å². The third kappa shape index (κ3) is 3.68. The zero-order valence-electron chi connectivity index (χ0n) is 16.0. The van der Waals surface area contributed by atoms with E-state index in [4.69, 9.17) is 0 Å². The van der Waals surface area contributed by atoms with E-state index in [1.807, 2.05) is 34.8 Å². The van der Waals surface area contributed by atoms with Gasteiger partial charge in [0.25, 0.3) is 0 Å². The molecule has 2 aromatic rings. The first-order chi connectivity index (χ1) is 13.1. The van der Waals surface area contributed by atoms with Crippen LogP contribution in [-0.2, 0) is 24.7 Å². The molecule has 1 aromatic carbocycles. The molecule has 2 heterocycles. The first-order valence-electron chi connectivity index (χ1n) is 10.0. The molecule has 1 amide bonds. The van der Waals surface area contributed by atoms with E-state index in [1.165, 1.54) is 24.0 Å². The van der Waals surface area contributed by atoms with Gasteiger partial charge in [0.1, 0.15) is 5.82 Å². The van der Waals surface area contributed by atoms with Crippen LogP contribution in [0.15, 0.2) is 30.6 Å². The molecule has 0 spiro atoms. The molecule has 4 rings (SSSR count). The van der Waals surface area contributed by atoms with Crippen LogP contribution in [0.4, 0.5) is 0 Å². The molecule has 0 bridgehead atoms. The minimum Gasteiger partial charge on any atom is -0.336 e. The lowest BCUT2D eigenvalue weighted by atomic mass is 9.89. The molecule has 2 aliphatic rings. The summed E-state index contributed by atoms with van der Waals surface area (Å²) < 4.78 is 1.98. The fourth-order valence-corrected chi connectivity index (χ4v) is 4.45. The van der Waals surface area contributed by atoms with Crippen molar-refractivity contribution in [2.75, 3.05) is 6.54 Å². The molecular weight excluding hydrogens is 338 g/mol. The normalized spacial score (nSPS) is 19.1. The lowest BCUT2D eigenvalue weighted by molar-refractivity contribution is -0.132. The van der Waals surface area contributed by atoms with E-state index in [2.05, 4.69) is 11.1 Å². The van der Waals surface area contributed by atoms with E-state index in [0.717, 1.165) is 43.6 Å². The Balaban J connectivity index is 1.39. The van der Waals surface area contributed by atoms with Gasteiger partial charge in [-0.1, -0.05) is 12.1 Å². The van der Waals surface area contributed by atoms with Crippen molar-refractivity contribution >= 4 is 11.7 Å². The zero-order valence-corrected chi connectivity index (χ0v) is 16.0. The molecule has 0 radical (unpaired) electrons. The second-order valence-corrected chi connectivity index (χ2v) is 7.76. The summed E-state index contributed by atoms with van der Waals surface area (Å²) >= 11 is 0. The summed E-state index contributed by atoms with van der Waals surface area (Å²) in [4.78, 5) is 31.7. The third-order valence-corrected chi connectivity index (χ3v) is 5.97. The van der Waals surface area contributed by atoms with E-state index < -0.39 is 0 Å². The number of nitrogens with zero attached hydrogens (tertiary/aromatic N) is 3. The number of likely N-dealkylation sites (tertiary alicyclic amines) is 1. The maximum atomic E-state index is 12.8. The van der Waals surface area contributed by atoms with Gasteiger partial charge in [-0.25, -0.2) is 4.98 Å². The van der Waals surface area contributed by atoms with Gasteiger partial charge in [0.15, 0.2) is 5.78 Å². The first kappa shape index (κ1) is 18.0. The number of carbonyl (C=O) groups excluding carboxylic acids is 2. The number of hydrogen-bond donors (Lipinski definition) is 0. The predicted octanol–water partition coefficient (Wildman–Crippen LogP) is 3.63. The molecule has 1 saturated heterocycles. The first-order valence-corrected chi connectivity index (χ1v) is 10.0. The number of hydrogen-bond acceptors (Lipinski definition) is 3. The molecule has 0 N–H and O–H groups in total. The van der Waals surface area contributed by atoms with Crippen LogP contribution in [0, 0.1) is 0 Å². The fraction of sp³-hybridized carbons (Fsp3) is 0.500. The van der Waals surface area contributed by atoms with Crippen molar-refractivity contribution in [1.29, 1.82) is 0 Å². The summed E-state index contributed by atoms with van der Waals surface area (Å²) in [5.74, 6) is 1.07. The molecule has 1 aliphatic heterocycles. The number of ketones is 1. The van der Waals surface area contributed by atoms with Crippen LogP contribution in [0.1, 0.15) is 71.9 Å². The maximum absolute atomic E-state index is 12.8. The number of fused-ring (bicyclic) bond motifs is 1. The highest BCUT2D eigenvalue weighted by Gasteiger charge is 2.32. The minimum absolute atomic E-state index is 0.0383. The number of rotatable bonds is 5. The van der Waals surface area contributed by atoms with Crippen molar-refractivity contribution in [3.63, 3.8) is 0 Å². The van der Waals surface area contributed by atoms with Gasteiger partial charge in [-0.15, -0.1) is 0 Å². The highest BCUT2D eigenvalue weighted by atomic mass is 16.2. The van der Waals surface area contributed by atoms with Crippen LogP contribution in [0.3, 0.4) is 0 Å². The van der Waals surface area contributed by atoms with E-state index in [-0.39, 0.29) is 30.6 Å². The number of Topliss-reactive ketones (excluding diaryl/α,β-unsaturated/α-hetero) is 1. The molecule has 27 heavy (non-hydrogen) atoms. The summed E-state index contributed by atoms with van der Waals surface area (Å²) in [6, 6.07) is 6.12. The largest absolute Gasteiger partial charge is 0.336 e. The number of amides is 1. The zero-order chi connectivity index (χ0) is 18.8. The van der Waals surface area contributed by atoms with Crippen LogP contribution < -0.4 is 0 Å². The number of aryl methyl sites for hydroxylation is 3. The topological polar surface area (TPSA) is 55.2 Å². The molecule has 5 nitrogen and oxygen atoms in total. The number of aromatic nitrogens is 2. The van der Waals surface area contributed by atoms with Gasteiger partial charge in [-0.3, -0.25) is 9.59 Å². The smallest absolute Gasteiger partial charge is 0.223 e. The van der Waals surface area contributed by atoms with Crippen molar-refractivity contribution in [1.82, 2.24) is 14.5 Å². The van der Waals surface area contributed by atoms with Gasteiger partial charge in [0.05, 0.1) is 6.04 Å². The summed E-state index contributed by atoms with van der Waals surface area (Å²) in [5, 5.41) is 0. The number of carbonyl (C=O) groups is 2.